The van der Waals surface area contributed by atoms with Crippen LogP contribution in [0.25, 0.3) is 0 Å². The van der Waals surface area contributed by atoms with Gasteiger partial charge in [-0.1, -0.05) is 0 Å². The van der Waals surface area contributed by atoms with Crippen molar-refractivity contribution in [2.45, 2.75) is 31.7 Å². The number of urea groups is 2. The van der Waals surface area contributed by atoms with E-state index in [1.54, 1.807) is 4.90 Å². The predicted molar refractivity (Wildman–Crippen MR) is 89.4 cm³/mol. The Hall–Kier alpha value is -2.31. The highest BCUT2D eigenvalue weighted by Crippen LogP contribution is 2.15. The van der Waals surface area contributed by atoms with Crippen LogP contribution < -0.4 is 10.6 Å². The van der Waals surface area contributed by atoms with Gasteiger partial charge in [-0.25, -0.2) is 14.0 Å². The van der Waals surface area contributed by atoms with Gasteiger partial charge in [-0.05, 0) is 49.9 Å². The number of benzene rings is 1. The van der Waals surface area contributed by atoms with Crippen LogP contribution >= 0.6 is 0 Å². The lowest BCUT2D eigenvalue weighted by atomic mass is 10.1. The third kappa shape index (κ3) is 4.15. The van der Waals surface area contributed by atoms with Gasteiger partial charge in [0.1, 0.15) is 5.82 Å². The number of carbonyl (C=O) groups excluding carboxylic acids is 2. The Morgan fingerprint density at radius 1 is 0.917 bits per heavy atom. The Balaban J connectivity index is 1.43. The number of nitrogens with one attached hydrogen (secondary N) is 2. The van der Waals surface area contributed by atoms with Gasteiger partial charge in [-0.2, -0.15) is 0 Å². The summed E-state index contributed by atoms with van der Waals surface area (Å²) in [6.45, 7) is 2.87. The summed E-state index contributed by atoms with van der Waals surface area (Å²) in [5, 5.41) is 5.83. The van der Waals surface area contributed by atoms with Gasteiger partial charge in [0.25, 0.3) is 0 Å². The molecule has 0 spiro atoms. The van der Waals surface area contributed by atoms with Gasteiger partial charge in [-0.15, -0.1) is 0 Å². The standard InChI is InChI=1S/C17H23FN4O2/c18-13-3-5-14(6-4-13)19-17(24)22-11-7-15(8-12-22)20-16(23)21-9-1-2-10-21/h3-6,15H,1-2,7-12H2,(H,19,24)(H,20,23). The quantitative estimate of drug-likeness (QED) is 0.873. The third-order valence-electron chi connectivity index (χ3n) is 4.60. The number of carbonyl (C=O) groups is 2. The van der Waals surface area contributed by atoms with E-state index in [0.29, 0.717) is 18.8 Å². The SMILES string of the molecule is O=C(Nc1ccc(F)cc1)N1CCC(NC(=O)N2CCCC2)CC1. The molecule has 2 N–H and O–H groups in total. The van der Waals surface area contributed by atoms with Crippen molar-refractivity contribution in [3.63, 3.8) is 0 Å². The second-order valence-corrected chi connectivity index (χ2v) is 6.34. The van der Waals surface area contributed by atoms with Crippen LogP contribution in [0.2, 0.25) is 0 Å². The molecule has 0 atom stereocenters. The molecule has 0 aromatic heterocycles. The Morgan fingerprint density at radius 3 is 2.12 bits per heavy atom. The highest BCUT2D eigenvalue weighted by molar-refractivity contribution is 5.89. The van der Waals surface area contributed by atoms with Gasteiger partial charge >= 0.3 is 12.1 Å². The number of nitrogens with zero attached hydrogens (tertiary/aromatic N) is 2. The van der Waals surface area contributed by atoms with Crippen LogP contribution in [-0.4, -0.2) is 54.1 Å². The van der Waals surface area contributed by atoms with E-state index in [9.17, 15) is 14.0 Å². The van der Waals surface area contributed by atoms with Crippen molar-refractivity contribution >= 4 is 17.7 Å². The molecular formula is C17H23FN4O2. The molecule has 1 aromatic rings. The molecule has 2 heterocycles. The molecular weight excluding hydrogens is 311 g/mol. The molecule has 4 amide bonds. The molecule has 2 aliphatic rings. The maximum absolute atomic E-state index is 12.9. The molecule has 2 aliphatic heterocycles. The molecule has 3 rings (SSSR count). The average molecular weight is 334 g/mol. The van der Waals surface area contributed by atoms with Gasteiger partial charge in [0.2, 0.25) is 0 Å². The number of piperidine rings is 1. The zero-order chi connectivity index (χ0) is 16.9. The predicted octanol–water partition coefficient (Wildman–Crippen LogP) is 2.63. The summed E-state index contributed by atoms with van der Waals surface area (Å²) in [4.78, 5) is 27.9. The Bertz CT molecular complexity index is 579. The first kappa shape index (κ1) is 16.5. The van der Waals surface area contributed by atoms with E-state index in [0.717, 1.165) is 38.8 Å². The molecule has 24 heavy (non-hydrogen) atoms. The zero-order valence-electron chi connectivity index (χ0n) is 13.6. The minimum absolute atomic E-state index is 0.0155. The lowest BCUT2D eigenvalue weighted by Crippen LogP contribution is -2.50. The molecule has 0 unspecified atom stereocenters. The number of amides is 4. The summed E-state index contributed by atoms with van der Waals surface area (Å²) in [6, 6.07) is 5.65. The van der Waals surface area contributed by atoms with Crippen LogP contribution in [0.3, 0.4) is 0 Å². The Morgan fingerprint density at radius 2 is 1.50 bits per heavy atom. The molecule has 0 radical (unpaired) electrons. The highest BCUT2D eigenvalue weighted by atomic mass is 19.1. The summed E-state index contributed by atoms with van der Waals surface area (Å²) < 4.78 is 12.9. The minimum Gasteiger partial charge on any atom is -0.335 e. The molecule has 2 fully saturated rings. The molecule has 0 bridgehead atoms. The molecule has 6 nitrogen and oxygen atoms in total. The third-order valence-corrected chi connectivity index (χ3v) is 4.60. The second-order valence-electron chi connectivity index (χ2n) is 6.34. The van der Waals surface area contributed by atoms with Crippen LogP contribution in [0.5, 0.6) is 0 Å². The van der Waals surface area contributed by atoms with Gasteiger partial charge in [0.15, 0.2) is 0 Å². The molecule has 1 aromatic carbocycles. The lowest BCUT2D eigenvalue weighted by molar-refractivity contribution is 0.179. The van der Waals surface area contributed by atoms with Crippen molar-refractivity contribution in [2.75, 3.05) is 31.5 Å². The van der Waals surface area contributed by atoms with E-state index < -0.39 is 0 Å². The number of halogens is 1. The first-order valence-corrected chi connectivity index (χ1v) is 8.49. The summed E-state index contributed by atoms with van der Waals surface area (Å²) >= 11 is 0. The fourth-order valence-corrected chi connectivity index (χ4v) is 3.15. The topological polar surface area (TPSA) is 64.7 Å². The lowest BCUT2D eigenvalue weighted by Gasteiger charge is -2.33. The molecule has 7 heteroatoms. The van der Waals surface area contributed by atoms with Gasteiger partial charge < -0.3 is 20.4 Å². The van der Waals surface area contributed by atoms with Crippen molar-refractivity contribution in [2.24, 2.45) is 0 Å². The van der Waals surface area contributed by atoms with Crippen molar-refractivity contribution in [1.29, 1.82) is 0 Å². The summed E-state index contributed by atoms with van der Waals surface area (Å²) in [7, 11) is 0. The summed E-state index contributed by atoms with van der Waals surface area (Å²) in [5.41, 5.74) is 0.575. The van der Waals surface area contributed by atoms with E-state index in [4.69, 9.17) is 0 Å². The molecule has 0 saturated carbocycles. The van der Waals surface area contributed by atoms with E-state index in [2.05, 4.69) is 10.6 Å². The maximum atomic E-state index is 12.9. The fraction of sp³-hybridized carbons (Fsp3) is 0.529. The van der Waals surface area contributed by atoms with Crippen LogP contribution in [0.15, 0.2) is 24.3 Å². The van der Waals surface area contributed by atoms with E-state index in [-0.39, 0.29) is 23.9 Å². The van der Waals surface area contributed by atoms with Crippen molar-refractivity contribution in [3.8, 4) is 0 Å². The van der Waals surface area contributed by atoms with Crippen LogP contribution in [0.1, 0.15) is 25.7 Å². The Labute approximate surface area is 141 Å². The van der Waals surface area contributed by atoms with Crippen LogP contribution in [0, 0.1) is 5.82 Å². The largest absolute Gasteiger partial charge is 0.335 e. The molecule has 130 valence electrons. The number of hydrogen-bond acceptors (Lipinski definition) is 2. The van der Waals surface area contributed by atoms with Crippen LogP contribution in [0.4, 0.5) is 19.7 Å². The summed E-state index contributed by atoms with van der Waals surface area (Å²) in [5.74, 6) is -0.331. The number of hydrogen-bond donors (Lipinski definition) is 2. The van der Waals surface area contributed by atoms with Crippen LogP contribution in [-0.2, 0) is 0 Å². The molecule has 0 aliphatic carbocycles. The van der Waals surface area contributed by atoms with Gasteiger partial charge in [0.05, 0.1) is 0 Å². The highest BCUT2D eigenvalue weighted by Gasteiger charge is 2.26. The fourth-order valence-electron chi connectivity index (χ4n) is 3.15. The second kappa shape index (κ2) is 7.51. The van der Waals surface area contributed by atoms with Gasteiger partial charge in [0, 0.05) is 37.9 Å². The van der Waals surface area contributed by atoms with Crippen molar-refractivity contribution in [1.82, 2.24) is 15.1 Å². The smallest absolute Gasteiger partial charge is 0.321 e. The minimum atomic E-state index is -0.331. The zero-order valence-corrected chi connectivity index (χ0v) is 13.6. The van der Waals surface area contributed by atoms with E-state index in [1.807, 2.05) is 4.90 Å². The first-order valence-electron chi connectivity index (χ1n) is 8.49. The van der Waals surface area contributed by atoms with E-state index >= 15 is 0 Å². The molecule has 2 saturated heterocycles. The monoisotopic (exact) mass is 334 g/mol. The van der Waals surface area contributed by atoms with Crippen molar-refractivity contribution < 1.29 is 14.0 Å². The van der Waals surface area contributed by atoms with Gasteiger partial charge in [-0.3, -0.25) is 0 Å². The first-order chi connectivity index (χ1) is 11.6. The van der Waals surface area contributed by atoms with Crippen molar-refractivity contribution in [3.05, 3.63) is 30.1 Å². The number of rotatable bonds is 2. The maximum Gasteiger partial charge on any atom is 0.321 e. The van der Waals surface area contributed by atoms with E-state index in [1.165, 1.54) is 24.3 Å². The average Bonchev–Trinajstić information content (AvgIpc) is 3.12. The number of anilines is 1. The Kier molecular flexibility index (Phi) is 5.17. The normalized spacial score (nSPS) is 18.5. The summed E-state index contributed by atoms with van der Waals surface area (Å²) in [6.07, 6.45) is 3.65. The number of likely N-dealkylation sites (tertiary alicyclic amines) is 2.